The number of likely N-dealkylation sites (tertiary alicyclic amines) is 1. The van der Waals surface area contributed by atoms with Crippen molar-refractivity contribution in [1.29, 1.82) is 0 Å². The Balaban J connectivity index is 1.33. The molecule has 2 aromatic heterocycles. The second-order valence-electron chi connectivity index (χ2n) is 8.77. The Bertz CT molecular complexity index is 1170. The van der Waals surface area contributed by atoms with Crippen LogP contribution < -0.4 is 4.74 Å². The van der Waals surface area contributed by atoms with Crippen molar-refractivity contribution in [3.63, 3.8) is 0 Å². The van der Waals surface area contributed by atoms with Crippen LogP contribution in [0.3, 0.4) is 0 Å². The number of carboxylic acids is 1. The molecule has 0 bridgehead atoms. The van der Waals surface area contributed by atoms with Gasteiger partial charge >= 0.3 is 5.97 Å². The number of benzene rings is 1. The standard InChI is InChI=1S/C26H29F2N3O3S/c1-34-18-6-8-23-20(15-18)19(9-11-29-23)22(27)7-5-17-10-12-31(16-21(17)26(32)33)13-14-35-25-4-2-3-24(28)30-25/h2-4,6,8-9,11,15,17,21-22H,5,7,10,12-14,16H2,1H3,(H,32,33)/t17-,21+,22?/m1/s1. The molecule has 0 radical (unpaired) electrons. The number of methoxy groups -OCH3 is 1. The zero-order valence-corrected chi connectivity index (χ0v) is 20.4. The monoisotopic (exact) mass is 501 g/mol. The minimum atomic E-state index is -1.21. The number of piperidine rings is 1. The van der Waals surface area contributed by atoms with Gasteiger partial charge in [-0.1, -0.05) is 6.07 Å². The molecule has 1 aliphatic rings. The molecule has 1 saturated heterocycles. The fraction of sp³-hybridized carbons (Fsp3) is 0.423. The van der Waals surface area contributed by atoms with Crippen LogP contribution in [0.4, 0.5) is 8.78 Å². The summed E-state index contributed by atoms with van der Waals surface area (Å²) < 4.78 is 33.9. The van der Waals surface area contributed by atoms with E-state index in [1.54, 1.807) is 43.6 Å². The minimum Gasteiger partial charge on any atom is -0.497 e. The van der Waals surface area contributed by atoms with Gasteiger partial charge in [-0.25, -0.2) is 9.37 Å². The number of rotatable bonds is 10. The number of carbonyl (C=O) groups is 1. The van der Waals surface area contributed by atoms with Crippen molar-refractivity contribution in [2.24, 2.45) is 11.8 Å². The number of alkyl halides is 1. The van der Waals surface area contributed by atoms with Gasteiger partial charge in [0, 0.05) is 30.4 Å². The third kappa shape index (κ3) is 6.46. The maximum atomic E-state index is 15.4. The van der Waals surface area contributed by atoms with E-state index >= 15 is 4.39 Å². The summed E-state index contributed by atoms with van der Waals surface area (Å²) in [6.07, 6.45) is 1.85. The van der Waals surface area contributed by atoms with E-state index in [1.807, 2.05) is 6.07 Å². The molecule has 1 aliphatic heterocycles. The van der Waals surface area contributed by atoms with E-state index in [4.69, 9.17) is 4.74 Å². The van der Waals surface area contributed by atoms with Crippen molar-refractivity contribution >= 4 is 28.6 Å². The highest BCUT2D eigenvalue weighted by Gasteiger charge is 2.34. The van der Waals surface area contributed by atoms with Gasteiger partial charge in [0.2, 0.25) is 5.95 Å². The van der Waals surface area contributed by atoms with Crippen molar-refractivity contribution in [2.75, 3.05) is 32.5 Å². The summed E-state index contributed by atoms with van der Waals surface area (Å²) in [4.78, 5) is 22.3. The van der Waals surface area contributed by atoms with Gasteiger partial charge in [-0.2, -0.15) is 4.39 Å². The smallest absolute Gasteiger partial charge is 0.308 e. The number of aliphatic carboxylic acids is 1. The zero-order chi connectivity index (χ0) is 24.8. The Kier molecular flexibility index (Phi) is 8.51. The summed E-state index contributed by atoms with van der Waals surface area (Å²) in [5.41, 5.74) is 1.26. The maximum Gasteiger partial charge on any atom is 0.308 e. The Labute approximate surface area is 207 Å². The molecule has 3 heterocycles. The lowest BCUT2D eigenvalue weighted by Gasteiger charge is -2.36. The summed E-state index contributed by atoms with van der Waals surface area (Å²) in [6, 6.07) is 11.8. The lowest BCUT2D eigenvalue weighted by Crippen LogP contribution is -2.44. The molecule has 9 heteroatoms. The lowest BCUT2D eigenvalue weighted by atomic mass is 9.81. The third-order valence-corrected chi connectivity index (χ3v) is 7.52. The number of nitrogens with zero attached hydrogens (tertiary/aromatic N) is 3. The van der Waals surface area contributed by atoms with Crippen molar-refractivity contribution in [3.05, 3.63) is 60.2 Å². The average Bonchev–Trinajstić information content (AvgIpc) is 2.87. The Morgan fingerprint density at radius 3 is 2.94 bits per heavy atom. The van der Waals surface area contributed by atoms with E-state index in [0.717, 1.165) is 6.54 Å². The molecule has 0 saturated carbocycles. The predicted octanol–water partition coefficient (Wildman–Crippen LogP) is 5.38. The minimum absolute atomic E-state index is 0.0813. The van der Waals surface area contributed by atoms with Gasteiger partial charge in [-0.05, 0) is 73.7 Å². The summed E-state index contributed by atoms with van der Waals surface area (Å²) >= 11 is 1.45. The number of ether oxygens (including phenoxy) is 1. The number of fused-ring (bicyclic) bond motifs is 1. The van der Waals surface area contributed by atoms with E-state index in [0.29, 0.717) is 58.9 Å². The maximum absolute atomic E-state index is 15.4. The number of thioether (sulfide) groups is 1. The summed E-state index contributed by atoms with van der Waals surface area (Å²) in [5, 5.41) is 11.2. The summed E-state index contributed by atoms with van der Waals surface area (Å²) in [5.74, 6) is -0.632. The van der Waals surface area contributed by atoms with E-state index < -0.39 is 24.0 Å². The summed E-state index contributed by atoms with van der Waals surface area (Å²) in [6.45, 7) is 1.89. The normalized spacial score (nSPS) is 19.5. The SMILES string of the molecule is COc1ccc2nccc(C(F)CC[C@@H]3CCN(CCSc4cccc(F)n4)C[C@@H]3C(=O)O)c2c1. The predicted molar refractivity (Wildman–Crippen MR) is 132 cm³/mol. The van der Waals surface area contributed by atoms with Gasteiger partial charge in [0.05, 0.1) is 23.6 Å². The lowest BCUT2D eigenvalue weighted by molar-refractivity contribution is -0.146. The van der Waals surface area contributed by atoms with Crippen molar-refractivity contribution in [2.45, 2.75) is 30.5 Å². The highest BCUT2D eigenvalue weighted by Crippen LogP contribution is 2.35. The first-order valence-corrected chi connectivity index (χ1v) is 12.7. The van der Waals surface area contributed by atoms with Crippen LogP contribution in [-0.2, 0) is 4.79 Å². The molecule has 3 aromatic rings. The van der Waals surface area contributed by atoms with E-state index in [2.05, 4.69) is 14.9 Å². The van der Waals surface area contributed by atoms with E-state index in [-0.39, 0.29) is 12.3 Å². The van der Waals surface area contributed by atoms with Crippen LogP contribution >= 0.6 is 11.8 Å². The number of pyridine rings is 2. The van der Waals surface area contributed by atoms with Crippen LogP contribution in [0.25, 0.3) is 10.9 Å². The van der Waals surface area contributed by atoms with Crippen molar-refractivity contribution < 1.29 is 23.4 Å². The molecule has 1 fully saturated rings. The average molecular weight is 502 g/mol. The molecular formula is C26H29F2N3O3S. The number of hydrogen-bond acceptors (Lipinski definition) is 6. The molecule has 1 aromatic carbocycles. The molecule has 0 aliphatic carbocycles. The quantitative estimate of drug-likeness (QED) is 0.295. The van der Waals surface area contributed by atoms with Crippen LogP contribution in [0.15, 0.2) is 53.7 Å². The van der Waals surface area contributed by atoms with Gasteiger partial charge < -0.3 is 14.7 Å². The van der Waals surface area contributed by atoms with Crippen LogP contribution in [0.1, 0.15) is 31.0 Å². The molecule has 6 nitrogen and oxygen atoms in total. The Morgan fingerprint density at radius 1 is 1.31 bits per heavy atom. The molecule has 0 spiro atoms. The highest BCUT2D eigenvalue weighted by molar-refractivity contribution is 7.99. The molecule has 186 valence electrons. The van der Waals surface area contributed by atoms with Gasteiger partial charge in [-0.3, -0.25) is 9.78 Å². The molecule has 1 N–H and O–H groups in total. The molecule has 0 amide bonds. The van der Waals surface area contributed by atoms with Crippen molar-refractivity contribution in [1.82, 2.24) is 14.9 Å². The molecule has 1 unspecified atom stereocenters. The number of carboxylic acid groups (broad SMARTS) is 1. The first-order chi connectivity index (χ1) is 16.9. The van der Waals surface area contributed by atoms with Gasteiger partial charge in [0.15, 0.2) is 0 Å². The van der Waals surface area contributed by atoms with Crippen LogP contribution in [-0.4, -0.2) is 58.4 Å². The van der Waals surface area contributed by atoms with Crippen molar-refractivity contribution in [3.8, 4) is 5.75 Å². The zero-order valence-electron chi connectivity index (χ0n) is 19.6. The largest absolute Gasteiger partial charge is 0.497 e. The first-order valence-electron chi connectivity index (χ1n) is 11.7. The molecule has 3 atom stereocenters. The fourth-order valence-corrected chi connectivity index (χ4v) is 5.59. The fourth-order valence-electron chi connectivity index (χ4n) is 4.71. The second-order valence-corrected chi connectivity index (χ2v) is 9.88. The Hall–Kier alpha value is -2.78. The van der Waals surface area contributed by atoms with E-state index in [9.17, 15) is 14.3 Å². The van der Waals surface area contributed by atoms with Crippen LogP contribution in [0.2, 0.25) is 0 Å². The summed E-state index contributed by atoms with van der Waals surface area (Å²) in [7, 11) is 1.57. The van der Waals surface area contributed by atoms with Crippen LogP contribution in [0.5, 0.6) is 5.75 Å². The molecule has 35 heavy (non-hydrogen) atoms. The van der Waals surface area contributed by atoms with Gasteiger partial charge in [0.25, 0.3) is 0 Å². The van der Waals surface area contributed by atoms with E-state index in [1.165, 1.54) is 17.8 Å². The second kappa shape index (κ2) is 11.8. The Morgan fingerprint density at radius 2 is 2.17 bits per heavy atom. The number of hydrogen-bond donors (Lipinski definition) is 1. The molecule has 4 rings (SSSR count). The highest BCUT2D eigenvalue weighted by atomic mass is 32.2. The van der Waals surface area contributed by atoms with Gasteiger partial charge in [-0.15, -0.1) is 11.8 Å². The first kappa shape index (κ1) is 25.3. The van der Waals surface area contributed by atoms with Gasteiger partial charge in [0.1, 0.15) is 11.9 Å². The number of halogens is 2. The molecular weight excluding hydrogens is 472 g/mol. The van der Waals surface area contributed by atoms with Crippen LogP contribution in [0, 0.1) is 17.8 Å². The number of aromatic nitrogens is 2. The topological polar surface area (TPSA) is 75.5 Å². The third-order valence-electron chi connectivity index (χ3n) is 6.62.